The molecule has 2 aromatic carbocycles. The van der Waals surface area contributed by atoms with Gasteiger partial charge >= 0.3 is 13.3 Å². The molecule has 0 aliphatic carbocycles. The fourth-order valence-electron chi connectivity index (χ4n) is 3.81. The van der Waals surface area contributed by atoms with Crippen molar-refractivity contribution < 1.29 is 27.3 Å². The lowest BCUT2D eigenvalue weighted by atomic mass is 9.75. The number of halogens is 3. The molecule has 0 aromatic heterocycles. The Bertz CT molecular complexity index is 1010. The summed E-state index contributed by atoms with van der Waals surface area (Å²) >= 11 is 0. The van der Waals surface area contributed by atoms with Crippen LogP contribution in [0.3, 0.4) is 0 Å². The lowest BCUT2D eigenvalue weighted by molar-refractivity contribution is -0.137. The highest BCUT2D eigenvalue weighted by Gasteiger charge is 2.53. The van der Waals surface area contributed by atoms with Gasteiger partial charge in [0, 0.05) is 5.56 Å². The number of nitrogens with one attached hydrogen (secondary N) is 1. The molecule has 2 atom stereocenters. The van der Waals surface area contributed by atoms with E-state index in [0.29, 0.717) is 0 Å². The maximum Gasteiger partial charge on any atom is 0.495 e. The van der Waals surface area contributed by atoms with Gasteiger partial charge in [-0.1, -0.05) is 36.8 Å². The van der Waals surface area contributed by atoms with Gasteiger partial charge in [0.1, 0.15) is 0 Å². The first-order valence-electron chi connectivity index (χ1n) is 10.7. The summed E-state index contributed by atoms with van der Waals surface area (Å²) in [6.45, 7) is 11.9. The zero-order valence-corrected chi connectivity index (χ0v) is 19.3. The van der Waals surface area contributed by atoms with E-state index in [0.717, 1.165) is 35.1 Å². The molecular weight excluding hydrogens is 418 g/mol. The molecule has 2 aromatic rings. The van der Waals surface area contributed by atoms with Gasteiger partial charge in [-0.2, -0.15) is 13.2 Å². The van der Waals surface area contributed by atoms with E-state index < -0.39 is 42.0 Å². The summed E-state index contributed by atoms with van der Waals surface area (Å²) in [7, 11) is -0.540. The highest BCUT2D eigenvalue weighted by Crippen LogP contribution is 2.39. The summed E-state index contributed by atoms with van der Waals surface area (Å²) in [5, 5.41) is 2.78. The number of benzene rings is 2. The average Bonchev–Trinajstić information content (AvgIpc) is 2.97. The molecule has 1 amide bonds. The van der Waals surface area contributed by atoms with Crippen LogP contribution in [0.2, 0.25) is 0 Å². The number of rotatable bonds is 5. The van der Waals surface area contributed by atoms with E-state index in [9.17, 15) is 18.0 Å². The molecule has 0 bridgehead atoms. The van der Waals surface area contributed by atoms with Gasteiger partial charge in [0.25, 0.3) is 5.91 Å². The van der Waals surface area contributed by atoms with Crippen LogP contribution in [0.1, 0.15) is 74.1 Å². The maximum absolute atomic E-state index is 13.0. The molecule has 0 saturated carbocycles. The molecule has 172 valence electrons. The van der Waals surface area contributed by atoms with E-state index in [1.807, 2.05) is 45.9 Å². The van der Waals surface area contributed by atoms with Crippen molar-refractivity contribution in [3.8, 4) is 0 Å². The van der Waals surface area contributed by atoms with Crippen LogP contribution in [0.25, 0.3) is 0 Å². The van der Waals surface area contributed by atoms with Crippen molar-refractivity contribution in [2.24, 2.45) is 0 Å². The van der Waals surface area contributed by atoms with Crippen LogP contribution in [-0.4, -0.2) is 24.2 Å². The molecule has 4 nitrogen and oxygen atoms in total. The predicted octanol–water partition coefficient (Wildman–Crippen LogP) is 5.19. The molecule has 0 spiro atoms. The third-order valence-corrected chi connectivity index (χ3v) is 6.57. The van der Waals surface area contributed by atoms with Gasteiger partial charge in [-0.25, -0.2) is 0 Å². The Morgan fingerprint density at radius 3 is 2.41 bits per heavy atom. The van der Waals surface area contributed by atoms with Crippen LogP contribution in [0, 0.1) is 6.92 Å². The van der Waals surface area contributed by atoms with Crippen molar-refractivity contribution in [1.82, 2.24) is 5.32 Å². The van der Waals surface area contributed by atoms with Crippen molar-refractivity contribution in [2.45, 2.75) is 71.4 Å². The first-order valence-corrected chi connectivity index (χ1v) is 10.7. The molecule has 1 N–H and O–H groups in total. The third-order valence-electron chi connectivity index (χ3n) is 6.57. The molecule has 1 heterocycles. The Kier molecular flexibility index (Phi) is 6.51. The molecule has 1 aliphatic heterocycles. The number of carbonyl (C=O) groups is 1. The van der Waals surface area contributed by atoms with E-state index >= 15 is 0 Å². The molecule has 1 saturated heterocycles. The van der Waals surface area contributed by atoms with Gasteiger partial charge < -0.3 is 14.6 Å². The molecule has 1 aliphatic rings. The summed E-state index contributed by atoms with van der Waals surface area (Å²) in [4.78, 5) is 12.6. The largest absolute Gasteiger partial charge is 0.495 e. The zero-order valence-electron chi connectivity index (χ0n) is 19.3. The summed E-state index contributed by atoms with van der Waals surface area (Å²) in [6.07, 6.45) is -3.71. The van der Waals surface area contributed by atoms with E-state index in [4.69, 9.17) is 9.31 Å². The van der Waals surface area contributed by atoms with Gasteiger partial charge in [0.15, 0.2) is 0 Å². The first kappa shape index (κ1) is 24.3. The number of alkyl halides is 3. The van der Waals surface area contributed by atoms with E-state index in [1.165, 1.54) is 12.1 Å². The minimum Gasteiger partial charge on any atom is -0.399 e. The van der Waals surface area contributed by atoms with Crippen LogP contribution < -0.4 is 10.8 Å². The fraction of sp³-hybridized carbons (Fsp3) is 0.458. The van der Waals surface area contributed by atoms with Gasteiger partial charge in [-0.05, 0) is 70.3 Å². The average molecular weight is 447 g/mol. The molecule has 1 fully saturated rings. The highest BCUT2D eigenvalue weighted by atomic mass is 19.4. The Morgan fingerprint density at radius 1 is 1.12 bits per heavy atom. The fourth-order valence-corrected chi connectivity index (χ4v) is 3.81. The lowest BCUT2D eigenvalue weighted by Crippen LogP contribution is -2.44. The molecular formula is C24H29BF3NO3. The zero-order chi connectivity index (χ0) is 23.9. The molecule has 32 heavy (non-hydrogen) atoms. The summed E-state index contributed by atoms with van der Waals surface area (Å²) in [6, 6.07) is 9.71. The minimum atomic E-state index is -4.50. The number of hydrogen-bond acceptors (Lipinski definition) is 3. The second-order valence-corrected chi connectivity index (χ2v) is 9.05. The van der Waals surface area contributed by atoms with E-state index in [1.54, 1.807) is 6.92 Å². The van der Waals surface area contributed by atoms with Gasteiger partial charge in [0.05, 0.1) is 22.8 Å². The Labute approximate surface area is 187 Å². The SMILES string of the molecule is CCC1(C)OB(c2cc(C(C)NC(=O)c3cccc(C(F)(F)F)c3)ccc2C)OC1(C)C. The summed E-state index contributed by atoms with van der Waals surface area (Å²) in [5.74, 6) is -0.571. The number of amides is 1. The van der Waals surface area contributed by atoms with Crippen molar-refractivity contribution in [2.75, 3.05) is 0 Å². The standard InChI is InChI=1S/C24H29BF3NO3/c1-7-23(6)22(4,5)31-25(32-23)20-14-17(12-11-15(20)2)16(3)29-21(30)18-9-8-10-19(13-18)24(26,27)28/h8-14,16H,7H2,1-6H3,(H,29,30). The van der Waals surface area contributed by atoms with E-state index in [-0.39, 0.29) is 5.56 Å². The Morgan fingerprint density at radius 2 is 1.81 bits per heavy atom. The smallest absolute Gasteiger partial charge is 0.399 e. The second-order valence-electron chi connectivity index (χ2n) is 9.05. The van der Waals surface area contributed by atoms with E-state index in [2.05, 4.69) is 12.2 Å². The summed E-state index contributed by atoms with van der Waals surface area (Å²) < 4.78 is 51.4. The quantitative estimate of drug-likeness (QED) is 0.642. The van der Waals surface area contributed by atoms with Crippen LogP contribution in [-0.2, 0) is 15.5 Å². The van der Waals surface area contributed by atoms with Gasteiger partial charge in [0.2, 0.25) is 0 Å². The minimum absolute atomic E-state index is 0.0399. The monoisotopic (exact) mass is 447 g/mol. The number of hydrogen-bond donors (Lipinski definition) is 1. The number of aryl methyl sites for hydroxylation is 1. The van der Waals surface area contributed by atoms with Crippen LogP contribution >= 0.6 is 0 Å². The number of carbonyl (C=O) groups excluding carboxylic acids is 1. The van der Waals surface area contributed by atoms with Crippen molar-refractivity contribution >= 4 is 18.5 Å². The normalized spacial score (nSPS) is 21.5. The van der Waals surface area contributed by atoms with Crippen LogP contribution in [0.4, 0.5) is 13.2 Å². The van der Waals surface area contributed by atoms with Crippen molar-refractivity contribution in [3.63, 3.8) is 0 Å². The third kappa shape index (κ3) is 4.71. The second kappa shape index (κ2) is 8.56. The predicted molar refractivity (Wildman–Crippen MR) is 119 cm³/mol. The molecule has 0 radical (unpaired) electrons. The van der Waals surface area contributed by atoms with Crippen molar-refractivity contribution in [3.05, 3.63) is 64.7 Å². The Balaban J connectivity index is 1.80. The first-order chi connectivity index (χ1) is 14.8. The maximum atomic E-state index is 13.0. The lowest BCUT2D eigenvalue weighted by Gasteiger charge is -2.35. The van der Waals surface area contributed by atoms with Crippen molar-refractivity contribution in [1.29, 1.82) is 0 Å². The molecule has 3 rings (SSSR count). The highest BCUT2D eigenvalue weighted by molar-refractivity contribution is 6.62. The summed E-state index contributed by atoms with van der Waals surface area (Å²) in [5.41, 5.74) is 0.858. The van der Waals surface area contributed by atoms with Gasteiger partial charge in [-0.15, -0.1) is 0 Å². The molecule has 2 unspecified atom stereocenters. The van der Waals surface area contributed by atoms with Crippen LogP contribution in [0.5, 0.6) is 0 Å². The van der Waals surface area contributed by atoms with Gasteiger partial charge in [-0.3, -0.25) is 4.79 Å². The van der Waals surface area contributed by atoms with Crippen LogP contribution in [0.15, 0.2) is 42.5 Å². The molecule has 8 heteroatoms. The topological polar surface area (TPSA) is 47.6 Å². The Hall–Kier alpha value is -2.32.